The van der Waals surface area contributed by atoms with Gasteiger partial charge in [0.15, 0.2) is 0 Å². The predicted molar refractivity (Wildman–Crippen MR) is 87.8 cm³/mol. The molecule has 106 valence electrons. The number of hydrogen-bond acceptors (Lipinski definition) is 1. The molecule has 0 heterocycles. The first-order valence-corrected chi connectivity index (χ1v) is 7.61. The summed E-state index contributed by atoms with van der Waals surface area (Å²) in [6.45, 7) is 5.13. The van der Waals surface area contributed by atoms with Gasteiger partial charge in [0, 0.05) is 6.04 Å². The van der Waals surface area contributed by atoms with Crippen molar-refractivity contribution in [3.63, 3.8) is 0 Å². The van der Waals surface area contributed by atoms with Gasteiger partial charge in [-0.2, -0.15) is 0 Å². The number of rotatable bonds is 5. The molecule has 2 aromatic rings. The van der Waals surface area contributed by atoms with E-state index < -0.39 is 0 Å². The number of benzene rings is 2. The fraction of sp³-hybridized carbons (Fsp3) is 0.294. The lowest BCUT2D eigenvalue weighted by molar-refractivity contribution is 0.549. The number of halogens is 2. The molecule has 1 atom stereocenters. The van der Waals surface area contributed by atoms with Crippen molar-refractivity contribution < 1.29 is 0 Å². The van der Waals surface area contributed by atoms with E-state index >= 15 is 0 Å². The molecule has 0 fully saturated rings. The summed E-state index contributed by atoms with van der Waals surface area (Å²) in [6, 6.07) is 14.4. The van der Waals surface area contributed by atoms with Crippen LogP contribution in [-0.4, -0.2) is 6.54 Å². The third kappa shape index (κ3) is 3.54. The number of nitrogens with one attached hydrogen (secondary N) is 1. The van der Waals surface area contributed by atoms with Crippen molar-refractivity contribution in [1.82, 2.24) is 5.32 Å². The Kier molecular flexibility index (Phi) is 5.47. The zero-order chi connectivity index (χ0) is 14.5. The van der Waals surface area contributed by atoms with E-state index in [1.165, 1.54) is 11.1 Å². The van der Waals surface area contributed by atoms with Gasteiger partial charge >= 0.3 is 0 Å². The SMILES string of the molecule is CCNC(Cc1ccccc1C)c1cccc(Cl)c1Cl. The molecule has 0 bridgehead atoms. The van der Waals surface area contributed by atoms with Gasteiger partial charge in [-0.05, 0) is 42.6 Å². The van der Waals surface area contributed by atoms with Crippen LogP contribution in [0.15, 0.2) is 42.5 Å². The maximum Gasteiger partial charge on any atom is 0.0640 e. The van der Waals surface area contributed by atoms with E-state index in [4.69, 9.17) is 23.2 Å². The molecule has 0 saturated carbocycles. The summed E-state index contributed by atoms with van der Waals surface area (Å²) in [5.41, 5.74) is 3.69. The highest BCUT2D eigenvalue weighted by atomic mass is 35.5. The van der Waals surface area contributed by atoms with E-state index in [2.05, 4.69) is 43.4 Å². The van der Waals surface area contributed by atoms with Crippen LogP contribution in [0.3, 0.4) is 0 Å². The van der Waals surface area contributed by atoms with Crippen LogP contribution in [-0.2, 0) is 6.42 Å². The summed E-state index contributed by atoms with van der Waals surface area (Å²) in [5.74, 6) is 0. The monoisotopic (exact) mass is 307 g/mol. The molecule has 20 heavy (non-hydrogen) atoms. The molecule has 1 nitrogen and oxygen atoms in total. The highest BCUT2D eigenvalue weighted by Crippen LogP contribution is 2.31. The van der Waals surface area contributed by atoms with Gasteiger partial charge in [-0.1, -0.05) is 66.5 Å². The molecule has 0 aliphatic heterocycles. The molecular formula is C17H19Cl2N. The fourth-order valence-corrected chi connectivity index (χ4v) is 2.83. The first-order valence-electron chi connectivity index (χ1n) is 6.85. The molecule has 0 aromatic heterocycles. The normalized spacial score (nSPS) is 12.4. The van der Waals surface area contributed by atoms with Crippen molar-refractivity contribution in [3.8, 4) is 0 Å². The average molecular weight is 308 g/mol. The Bertz CT molecular complexity index is 581. The number of hydrogen-bond donors (Lipinski definition) is 1. The highest BCUT2D eigenvalue weighted by molar-refractivity contribution is 6.42. The van der Waals surface area contributed by atoms with Gasteiger partial charge in [0.25, 0.3) is 0 Å². The number of aryl methyl sites for hydroxylation is 1. The summed E-state index contributed by atoms with van der Waals surface area (Å²) in [4.78, 5) is 0. The van der Waals surface area contributed by atoms with Gasteiger partial charge in [0.2, 0.25) is 0 Å². The average Bonchev–Trinajstić information content (AvgIpc) is 2.44. The Hall–Kier alpha value is -1.02. The van der Waals surface area contributed by atoms with Crippen LogP contribution in [0, 0.1) is 6.92 Å². The quantitative estimate of drug-likeness (QED) is 0.801. The van der Waals surface area contributed by atoms with E-state index in [9.17, 15) is 0 Å². The molecule has 0 saturated heterocycles. The summed E-state index contributed by atoms with van der Waals surface area (Å²) < 4.78 is 0. The lowest BCUT2D eigenvalue weighted by Gasteiger charge is -2.21. The number of likely N-dealkylation sites (N-methyl/N-ethyl adjacent to an activating group) is 1. The third-order valence-electron chi connectivity index (χ3n) is 3.49. The molecule has 0 amide bonds. The second-order valence-electron chi connectivity index (χ2n) is 4.88. The topological polar surface area (TPSA) is 12.0 Å². The maximum absolute atomic E-state index is 6.36. The predicted octanol–water partition coefficient (Wildman–Crippen LogP) is 5.20. The molecule has 1 N–H and O–H groups in total. The molecule has 2 rings (SSSR count). The minimum absolute atomic E-state index is 0.173. The Morgan fingerprint density at radius 1 is 1.05 bits per heavy atom. The first-order chi connectivity index (χ1) is 9.63. The molecule has 0 radical (unpaired) electrons. The van der Waals surface area contributed by atoms with Gasteiger partial charge in [-0.3, -0.25) is 0 Å². The summed E-state index contributed by atoms with van der Waals surface area (Å²) in [6.07, 6.45) is 0.903. The van der Waals surface area contributed by atoms with Crippen LogP contribution in [0.1, 0.15) is 29.7 Å². The van der Waals surface area contributed by atoms with Gasteiger partial charge in [0.1, 0.15) is 0 Å². The third-order valence-corrected chi connectivity index (χ3v) is 4.33. The lowest BCUT2D eigenvalue weighted by atomic mass is 9.96. The van der Waals surface area contributed by atoms with E-state index in [1.807, 2.05) is 18.2 Å². The zero-order valence-electron chi connectivity index (χ0n) is 11.8. The van der Waals surface area contributed by atoms with Crippen molar-refractivity contribution in [2.24, 2.45) is 0 Å². The Morgan fingerprint density at radius 3 is 2.50 bits per heavy atom. The maximum atomic E-state index is 6.36. The van der Waals surface area contributed by atoms with Gasteiger partial charge in [-0.15, -0.1) is 0 Å². The van der Waals surface area contributed by atoms with Gasteiger partial charge in [0.05, 0.1) is 10.0 Å². The van der Waals surface area contributed by atoms with E-state index in [-0.39, 0.29) is 6.04 Å². The molecule has 0 aliphatic rings. The Labute approximate surface area is 130 Å². The van der Waals surface area contributed by atoms with Crippen molar-refractivity contribution >= 4 is 23.2 Å². The van der Waals surface area contributed by atoms with E-state index in [0.717, 1.165) is 18.5 Å². The van der Waals surface area contributed by atoms with Crippen LogP contribution in [0.2, 0.25) is 10.0 Å². The molecular weight excluding hydrogens is 289 g/mol. The molecule has 1 unspecified atom stereocenters. The fourth-order valence-electron chi connectivity index (χ4n) is 2.39. The van der Waals surface area contributed by atoms with Crippen LogP contribution < -0.4 is 5.32 Å². The molecule has 3 heteroatoms. The largest absolute Gasteiger partial charge is 0.310 e. The standard InChI is InChI=1S/C17H19Cl2N/c1-3-20-16(11-13-8-5-4-7-12(13)2)14-9-6-10-15(18)17(14)19/h4-10,16,20H,3,11H2,1-2H3. The zero-order valence-corrected chi connectivity index (χ0v) is 13.3. The van der Waals surface area contributed by atoms with Crippen LogP contribution in [0.5, 0.6) is 0 Å². The second-order valence-corrected chi connectivity index (χ2v) is 5.67. The summed E-state index contributed by atoms with van der Waals surface area (Å²) >= 11 is 12.5. The van der Waals surface area contributed by atoms with Crippen LogP contribution in [0.25, 0.3) is 0 Å². The second kappa shape index (κ2) is 7.12. The van der Waals surface area contributed by atoms with Crippen molar-refractivity contribution in [2.45, 2.75) is 26.3 Å². The van der Waals surface area contributed by atoms with Crippen LogP contribution in [0.4, 0.5) is 0 Å². The lowest BCUT2D eigenvalue weighted by Crippen LogP contribution is -2.23. The van der Waals surface area contributed by atoms with Crippen LogP contribution >= 0.6 is 23.2 Å². The summed E-state index contributed by atoms with van der Waals surface area (Å²) in [7, 11) is 0. The Balaban J connectivity index is 2.32. The van der Waals surface area contributed by atoms with Crippen molar-refractivity contribution in [2.75, 3.05) is 6.54 Å². The molecule has 0 spiro atoms. The summed E-state index contributed by atoms with van der Waals surface area (Å²) in [5, 5.41) is 4.75. The van der Waals surface area contributed by atoms with E-state index in [0.29, 0.717) is 10.0 Å². The van der Waals surface area contributed by atoms with E-state index in [1.54, 1.807) is 0 Å². The van der Waals surface area contributed by atoms with Gasteiger partial charge < -0.3 is 5.32 Å². The molecule has 0 aliphatic carbocycles. The smallest absolute Gasteiger partial charge is 0.0640 e. The minimum atomic E-state index is 0.173. The Morgan fingerprint density at radius 2 is 1.80 bits per heavy atom. The van der Waals surface area contributed by atoms with Crippen molar-refractivity contribution in [1.29, 1.82) is 0 Å². The van der Waals surface area contributed by atoms with Crippen molar-refractivity contribution in [3.05, 3.63) is 69.2 Å². The highest BCUT2D eigenvalue weighted by Gasteiger charge is 2.16. The first kappa shape index (κ1) is 15.4. The van der Waals surface area contributed by atoms with Gasteiger partial charge in [-0.25, -0.2) is 0 Å². The molecule has 2 aromatic carbocycles. The minimum Gasteiger partial charge on any atom is -0.310 e.